The molecule has 0 aliphatic carbocycles. The van der Waals surface area contributed by atoms with E-state index in [2.05, 4.69) is 29.8 Å². The zero-order valence-electron chi connectivity index (χ0n) is 28.7. The molecule has 3 rings (SSSR count). The topological polar surface area (TPSA) is 160 Å². The summed E-state index contributed by atoms with van der Waals surface area (Å²) in [5, 5.41) is 18.6. The molecule has 0 aliphatic heterocycles. The van der Waals surface area contributed by atoms with Crippen LogP contribution < -0.4 is 21.7 Å². The number of ether oxygens (including phenoxy) is 1. The third-order valence-corrected chi connectivity index (χ3v) is 10.1. The highest BCUT2D eigenvalue weighted by atomic mass is 32.2. The molecule has 11 heteroatoms. The minimum absolute atomic E-state index is 0.0867. The number of hydrogen-bond acceptors (Lipinski definition) is 8. The fourth-order valence-electron chi connectivity index (χ4n) is 5.39. The number of nitrogens with one attached hydrogen (secondary N) is 3. The zero-order valence-corrected chi connectivity index (χ0v) is 29.5. The van der Waals surface area contributed by atoms with Gasteiger partial charge in [-0.1, -0.05) is 80.9 Å². The van der Waals surface area contributed by atoms with Crippen molar-refractivity contribution >= 4 is 27.5 Å². The molecule has 0 saturated carbocycles. The Bertz CT molecular complexity index is 1490. The van der Waals surface area contributed by atoms with Gasteiger partial charge in [-0.2, -0.15) is 0 Å². The van der Waals surface area contributed by atoms with E-state index in [-0.39, 0.29) is 17.9 Å². The smallest absolute Gasteiger partial charge is 0.408 e. The van der Waals surface area contributed by atoms with Crippen LogP contribution in [0, 0.1) is 5.92 Å². The van der Waals surface area contributed by atoms with Gasteiger partial charge in [-0.25, -0.2) is 13.2 Å². The molecule has 48 heavy (non-hydrogen) atoms. The van der Waals surface area contributed by atoms with Crippen molar-refractivity contribution in [1.82, 2.24) is 16.0 Å². The van der Waals surface area contributed by atoms with E-state index < -0.39 is 50.9 Å². The molecule has 3 atom stereocenters. The average molecular weight is 681 g/mol. The number of alkyl carbamates (subject to hydrolysis) is 1. The molecule has 0 saturated heterocycles. The molecule has 0 aromatic heterocycles. The molecule has 2 amide bonds. The maximum Gasteiger partial charge on any atom is 0.408 e. The minimum Gasteiger partial charge on any atom is -0.444 e. The second-order valence-corrected chi connectivity index (χ2v) is 15.6. The fourth-order valence-corrected chi connectivity index (χ4v) is 7.17. The van der Waals surface area contributed by atoms with Gasteiger partial charge in [0.2, 0.25) is 5.91 Å². The largest absolute Gasteiger partial charge is 0.444 e. The summed E-state index contributed by atoms with van der Waals surface area (Å²) in [5.41, 5.74) is 7.14. The van der Waals surface area contributed by atoms with Crippen LogP contribution >= 0.6 is 0 Å². The van der Waals surface area contributed by atoms with Crippen molar-refractivity contribution in [2.45, 2.75) is 94.2 Å². The number of benzene rings is 3. The van der Waals surface area contributed by atoms with Crippen LogP contribution in [0.2, 0.25) is 0 Å². The van der Waals surface area contributed by atoms with E-state index >= 15 is 0 Å². The standard InChI is InChI=1S/C37H52N4O6S/c1-26(2)23-25-40-34(42)31(48(45,46)30-21-19-29(38)20-22-30)18-12-13-24-39-35(43)33(41-36(44)47-37(3,4)5)32(27-14-8-6-9-15-27)28-16-10-7-11-17-28/h6-11,14-17,19-22,26,31-34,40,42H,12-13,18,23-25,38H2,1-5H3,(H,39,43)(H,41,44)/t31-,33-,34?/m0/s1. The van der Waals surface area contributed by atoms with Crippen molar-refractivity contribution < 1.29 is 27.9 Å². The zero-order chi connectivity index (χ0) is 35.3. The highest BCUT2D eigenvalue weighted by Gasteiger charge is 2.35. The van der Waals surface area contributed by atoms with E-state index in [4.69, 9.17) is 10.5 Å². The van der Waals surface area contributed by atoms with Gasteiger partial charge < -0.3 is 26.2 Å². The molecule has 6 N–H and O–H groups in total. The fraction of sp³-hybridized carbons (Fsp3) is 0.459. The number of nitrogens with two attached hydrogens (primary N) is 1. The monoisotopic (exact) mass is 680 g/mol. The van der Waals surface area contributed by atoms with E-state index in [1.165, 1.54) is 24.3 Å². The molecule has 0 bridgehead atoms. The van der Waals surface area contributed by atoms with Crippen molar-refractivity contribution in [2.75, 3.05) is 18.8 Å². The van der Waals surface area contributed by atoms with Crippen LogP contribution in [0.25, 0.3) is 0 Å². The molecule has 262 valence electrons. The normalized spacial score (nSPS) is 13.9. The number of carbonyl (C=O) groups excluding carboxylic acids is 2. The van der Waals surface area contributed by atoms with Gasteiger partial charge in [0.15, 0.2) is 9.84 Å². The van der Waals surface area contributed by atoms with Gasteiger partial charge in [0.1, 0.15) is 23.1 Å². The second-order valence-electron chi connectivity index (χ2n) is 13.4. The van der Waals surface area contributed by atoms with Gasteiger partial charge >= 0.3 is 6.09 Å². The van der Waals surface area contributed by atoms with E-state index in [0.717, 1.165) is 17.5 Å². The Balaban J connectivity index is 1.76. The third kappa shape index (κ3) is 11.9. The predicted molar refractivity (Wildman–Crippen MR) is 190 cm³/mol. The highest BCUT2D eigenvalue weighted by Crippen LogP contribution is 2.29. The first-order chi connectivity index (χ1) is 22.7. The van der Waals surface area contributed by atoms with Crippen molar-refractivity contribution in [2.24, 2.45) is 5.92 Å². The SMILES string of the molecule is CC(C)CCNC(O)[C@H](CCCCNC(=O)[C@@H](NC(=O)OC(C)(C)C)C(c1ccccc1)c1ccccc1)S(=O)(=O)c1ccc(N)cc1. The van der Waals surface area contributed by atoms with Crippen LogP contribution in [-0.2, 0) is 19.4 Å². The number of aliphatic hydroxyl groups excluding tert-OH is 1. The number of anilines is 1. The minimum atomic E-state index is -3.90. The number of amides is 2. The molecule has 3 aromatic carbocycles. The summed E-state index contributed by atoms with van der Waals surface area (Å²) in [6.07, 6.45) is -0.196. The van der Waals surface area contributed by atoms with Crippen LogP contribution in [0.3, 0.4) is 0 Å². The number of hydrogen-bond donors (Lipinski definition) is 5. The van der Waals surface area contributed by atoms with Gasteiger partial charge in [-0.05, 0) is 87.9 Å². The molecule has 3 aromatic rings. The lowest BCUT2D eigenvalue weighted by Crippen LogP contribution is -2.51. The van der Waals surface area contributed by atoms with Crippen molar-refractivity contribution in [1.29, 1.82) is 0 Å². The van der Waals surface area contributed by atoms with Crippen molar-refractivity contribution in [3.8, 4) is 0 Å². The molecule has 0 aliphatic rings. The Morgan fingerprint density at radius 2 is 1.40 bits per heavy atom. The van der Waals surface area contributed by atoms with Crippen LogP contribution in [0.15, 0.2) is 89.8 Å². The number of sulfone groups is 1. The van der Waals surface area contributed by atoms with Gasteiger partial charge in [0.25, 0.3) is 0 Å². The quantitative estimate of drug-likeness (QED) is 0.0722. The first-order valence-corrected chi connectivity index (χ1v) is 18.1. The predicted octanol–water partition coefficient (Wildman–Crippen LogP) is 5.38. The molecule has 10 nitrogen and oxygen atoms in total. The first kappa shape index (κ1) is 38.5. The Kier molecular flexibility index (Phi) is 14.4. The molecule has 0 spiro atoms. The van der Waals surface area contributed by atoms with Crippen molar-refractivity contribution in [3.63, 3.8) is 0 Å². The summed E-state index contributed by atoms with van der Waals surface area (Å²) < 4.78 is 32.8. The van der Waals surface area contributed by atoms with Gasteiger partial charge in [0.05, 0.1) is 4.90 Å². The number of carbonyl (C=O) groups is 2. The lowest BCUT2D eigenvalue weighted by Gasteiger charge is -2.29. The van der Waals surface area contributed by atoms with Gasteiger partial charge in [-0.3, -0.25) is 10.1 Å². The van der Waals surface area contributed by atoms with E-state index in [1.54, 1.807) is 20.8 Å². The lowest BCUT2D eigenvalue weighted by molar-refractivity contribution is -0.123. The average Bonchev–Trinajstić information content (AvgIpc) is 3.02. The van der Waals surface area contributed by atoms with Gasteiger partial charge in [0, 0.05) is 18.2 Å². The van der Waals surface area contributed by atoms with E-state index in [0.29, 0.717) is 31.0 Å². The molecular weight excluding hydrogens is 628 g/mol. The Morgan fingerprint density at radius 1 is 0.833 bits per heavy atom. The Morgan fingerprint density at radius 3 is 1.92 bits per heavy atom. The Hall–Kier alpha value is -3.93. The molecular formula is C37H52N4O6S. The molecule has 0 heterocycles. The van der Waals surface area contributed by atoms with Crippen LogP contribution in [0.4, 0.5) is 10.5 Å². The summed E-state index contributed by atoms with van der Waals surface area (Å²) in [7, 11) is -3.90. The Labute approximate surface area is 285 Å². The molecule has 1 unspecified atom stereocenters. The van der Waals surface area contributed by atoms with Crippen molar-refractivity contribution in [3.05, 3.63) is 96.1 Å². The molecule has 0 radical (unpaired) electrons. The summed E-state index contributed by atoms with van der Waals surface area (Å²) >= 11 is 0. The summed E-state index contributed by atoms with van der Waals surface area (Å²) in [4.78, 5) is 26.9. The maximum absolute atomic E-state index is 13.8. The lowest BCUT2D eigenvalue weighted by atomic mass is 9.84. The van der Waals surface area contributed by atoms with Crippen LogP contribution in [-0.4, -0.2) is 61.7 Å². The summed E-state index contributed by atoms with van der Waals surface area (Å²) in [6, 6.07) is 23.9. The molecule has 0 fully saturated rings. The van der Waals surface area contributed by atoms with E-state index in [9.17, 15) is 23.1 Å². The second kappa shape index (κ2) is 18.0. The summed E-state index contributed by atoms with van der Waals surface area (Å²) in [6.45, 7) is 10.1. The van der Waals surface area contributed by atoms with Crippen LogP contribution in [0.1, 0.15) is 77.3 Å². The van der Waals surface area contributed by atoms with E-state index in [1.807, 2.05) is 60.7 Å². The van der Waals surface area contributed by atoms with Gasteiger partial charge in [-0.15, -0.1) is 0 Å². The highest BCUT2D eigenvalue weighted by molar-refractivity contribution is 7.92. The van der Waals surface area contributed by atoms with Crippen LogP contribution in [0.5, 0.6) is 0 Å². The number of unbranched alkanes of at least 4 members (excludes halogenated alkanes) is 1. The number of rotatable bonds is 17. The third-order valence-electron chi connectivity index (χ3n) is 7.85. The number of aliphatic hydroxyl groups is 1. The number of nitrogen functional groups attached to an aromatic ring is 1. The first-order valence-electron chi connectivity index (χ1n) is 16.6. The summed E-state index contributed by atoms with van der Waals surface area (Å²) in [5.74, 6) is -0.529. The maximum atomic E-state index is 13.8.